The summed E-state index contributed by atoms with van der Waals surface area (Å²) < 4.78 is 80.4. The molecule has 0 aliphatic rings. The molecule has 0 radical (unpaired) electrons. The molecule has 2 aromatic heterocycles. The summed E-state index contributed by atoms with van der Waals surface area (Å²) in [5.74, 6) is -1.83. The number of nitrogens with zero attached hydrogens (tertiary/aromatic N) is 3. The van der Waals surface area contributed by atoms with Crippen LogP contribution in [0.4, 0.5) is 43.4 Å². The van der Waals surface area contributed by atoms with Crippen LogP contribution in [0.2, 0.25) is 5.02 Å². The van der Waals surface area contributed by atoms with E-state index in [9.17, 15) is 35.9 Å². The Labute approximate surface area is 195 Å². The Kier molecular flexibility index (Phi) is 6.00. The number of pyridine rings is 1. The fourth-order valence-corrected chi connectivity index (χ4v) is 3.23. The molecule has 0 atom stereocenters. The summed E-state index contributed by atoms with van der Waals surface area (Å²) in [6.07, 6.45) is -8.26. The van der Waals surface area contributed by atoms with Crippen molar-refractivity contribution in [1.29, 1.82) is 0 Å². The predicted molar refractivity (Wildman–Crippen MR) is 111 cm³/mol. The lowest BCUT2D eigenvalue weighted by Crippen LogP contribution is -2.36. The van der Waals surface area contributed by atoms with Crippen LogP contribution in [-0.4, -0.2) is 15.1 Å². The molecule has 0 fully saturated rings. The molecular formula is C20H10ClF6N5O3. The standard InChI is InChI=1S/C20H10ClF6N5O3/c21-12-5-9(3-4-11(12)19(22,23)24)30-14-13(15(33)16(14)34)29-7-10-2-1-8(6-28-10)17-31-18(35-32-17)20(25,26)27/h1-6,29-30H,7H2. The van der Waals surface area contributed by atoms with Crippen molar-refractivity contribution in [2.45, 2.75) is 18.9 Å². The van der Waals surface area contributed by atoms with Crippen LogP contribution in [0.3, 0.4) is 0 Å². The Hall–Kier alpha value is -3.94. The zero-order valence-corrected chi connectivity index (χ0v) is 17.6. The third-order valence-corrected chi connectivity index (χ3v) is 4.96. The van der Waals surface area contributed by atoms with Gasteiger partial charge < -0.3 is 15.2 Å². The van der Waals surface area contributed by atoms with Gasteiger partial charge in [0.1, 0.15) is 11.4 Å². The van der Waals surface area contributed by atoms with Gasteiger partial charge in [0.15, 0.2) is 0 Å². The van der Waals surface area contributed by atoms with E-state index in [4.69, 9.17) is 11.6 Å². The third-order valence-electron chi connectivity index (χ3n) is 4.65. The van der Waals surface area contributed by atoms with Gasteiger partial charge in [-0.1, -0.05) is 16.8 Å². The maximum absolute atomic E-state index is 12.8. The van der Waals surface area contributed by atoms with Gasteiger partial charge in [-0.05, 0) is 30.3 Å². The first-order valence-corrected chi connectivity index (χ1v) is 9.79. The van der Waals surface area contributed by atoms with Crippen molar-refractivity contribution in [2.24, 2.45) is 0 Å². The summed E-state index contributed by atoms with van der Waals surface area (Å²) in [7, 11) is 0. The van der Waals surface area contributed by atoms with Crippen LogP contribution in [0.25, 0.3) is 11.4 Å². The number of anilines is 3. The van der Waals surface area contributed by atoms with E-state index in [2.05, 4.69) is 30.3 Å². The number of benzene rings is 1. The molecular weight excluding hydrogens is 508 g/mol. The van der Waals surface area contributed by atoms with E-state index < -0.39 is 39.7 Å². The van der Waals surface area contributed by atoms with E-state index in [-0.39, 0.29) is 35.0 Å². The number of halogens is 7. The average molecular weight is 518 g/mol. The molecule has 0 aliphatic carbocycles. The summed E-state index contributed by atoms with van der Waals surface area (Å²) in [4.78, 5) is 31.1. The van der Waals surface area contributed by atoms with Crippen molar-refractivity contribution in [1.82, 2.24) is 15.1 Å². The summed E-state index contributed by atoms with van der Waals surface area (Å²) in [6, 6.07) is 5.54. The van der Waals surface area contributed by atoms with E-state index in [0.717, 1.165) is 18.2 Å². The molecule has 15 heteroatoms. The summed E-state index contributed by atoms with van der Waals surface area (Å²) in [5.41, 5.74) is -2.55. The third kappa shape index (κ3) is 4.96. The molecule has 8 nitrogen and oxygen atoms in total. The summed E-state index contributed by atoms with van der Waals surface area (Å²) in [5, 5.41) is 7.90. The number of hydrogen-bond donors (Lipinski definition) is 2. The molecule has 182 valence electrons. The monoisotopic (exact) mass is 517 g/mol. The second-order valence-corrected chi connectivity index (χ2v) is 7.45. The van der Waals surface area contributed by atoms with Crippen molar-refractivity contribution < 1.29 is 30.9 Å². The van der Waals surface area contributed by atoms with Gasteiger partial charge in [0, 0.05) is 17.4 Å². The first-order valence-electron chi connectivity index (χ1n) is 9.41. The molecule has 2 heterocycles. The van der Waals surface area contributed by atoms with Crippen LogP contribution in [0.5, 0.6) is 0 Å². The van der Waals surface area contributed by atoms with Crippen LogP contribution < -0.4 is 21.5 Å². The maximum atomic E-state index is 12.8. The van der Waals surface area contributed by atoms with Gasteiger partial charge in [-0.15, -0.1) is 0 Å². The molecule has 35 heavy (non-hydrogen) atoms. The minimum Gasteiger partial charge on any atom is -0.374 e. The molecule has 0 saturated carbocycles. The fraction of sp³-hybridized carbons (Fsp3) is 0.150. The lowest BCUT2D eigenvalue weighted by Gasteiger charge is -2.16. The van der Waals surface area contributed by atoms with Crippen LogP contribution in [-0.2, 0) is 18.9 Å². The molecule has 2 N–H and O–H groups in total. The van der Waals surface area contributed by atoms with Gasteiger partial charge in [-0.3, -0.25) is 14.6 Å². The Morgan fingerprint density at radius 1 is 0.943 bits per heavy atom. The Bertz CT molecular complexity index is 1460. The molecule has 4 rings (SSSR count). The van der Waals surface area contributed by atoms with Crippen molar-refractivity contribution in [3.8, 4) is 11.4 Å². The molecule has 0 amide bonds. The number of alkyl halides is 6. The summed E-state index contributed by atoms with van der Waals surface area (Å²) in [6.45, 7) is -0.0619. The molecule has 0 spiro atoms. The Balaban J connectivity index is 1.45. The molecule has 0 bridgehead atoms. The maximum Gasteiger partial charge on any atom is 0.471 e. The quantitative estimate of drug-likeness (QED) is 0.278. The second kappa shape index (κ2) is 8.69. The van der Waals surface area contributed by atoms with Crippen LogP contribution in [0.1, 0.15) is 17.1 Å². The number of aromatic nitrogens is 3. The van der Waals surface area contributed by atoms with Crippen LogP contribution >= 0.6 is 11.6 Å². The molecule has 0 saturated heterocycles. The van der Waals surface area contributed by atoms with Gasteiger partial charge >= 0.3 is 18.2 Å². The fourth-order valence-electron chi connectivity index (χ4n) is 2.94. The SMILES string of the molecule is O=c1c(NCc2ccc(-c3noc(C(F)(F)F)n3)cn2)c(Nc2ccc(C(F)(F)F)c(Cl)c2)c1=O. The molecule has 0 unspecified atom stereocenters. The largest absolute Gasteiger partial charge is 0.471 e. The minimum atomic E-state index is -4.79. The van der Waals surface area contributed by atoms with Gasteiger partial charge in [-0.25, -0.2) is 0 Å². The van der Waals surface area contributed by atoms with Crippen molar-refractivity contribution in [2.75, 3.05) is 10.6 Å². The summed E-state index contributed by atoms with van der Waals surface area (Å²) >= 11 is 5.66. The predicted octanol–water partition coefficient (Wildman–Crippen LogP) is 4.77. The first-order chi connectivity index (χ1) is 16.3. The van der Waals surface area contributed by atoms with Crippen molar-refractivity contribution in [3.63, 3.8) is 0 Å². The highest BCUT2D eigenvalue weighted by atomic mass is 35.5. The first kappa shape index (κ1) is 24.2. The zero-order chi connectivity index (χ0) is 25.5. The van der Waals surface area contributed by atoms with Crippen molar-refractivity contribution in [3.05, 3.63) is 79.1 Å². The highest BCUT2D eigenvalue weighted by molar-refractivity contribution is 6.31. The number of hydrogen-bond acceptors (Lipinski definition) is 8. The molecule has 4 aromatic rings. The van der Waals surface area contributed by atoms with Gasteiger partial charge in [0.25, 0.3) is 10.9 Å². The Morgan fingerprint density at radius 3 is 2.23 bits per heavy atom. The van der Waals surface area contributed by atoms with Gasteiger partial charge in [0.05, 0.1) is 22.8 Å². The van der Waals surface area contributed by atoms with Gasteiger partial charge in [0.2, 0.25) is 5.82 Å². The van der Waals surface area contributed by atoms with E-state index in [0.29, 0.717) is 5.69 Å². The highest BCUT2D eigenvalue weighted by Gasteiger charge is 2.38. The molecule has 2 aromatic carbocycles. The number of rotatable bonds is 6. The second-order valence-electron chi connectivity index (χ2n) is 7.04. The molecule has 0 aliphatic heterocycles. The minimum absolute atomic E-state index is 0.0546. The van der Waals surface area contributed by atoms with Crippen molar-refractivity contribution >= 4 is 28.7 Å². The average Bonchev–Trinajstić information content (AvgIpc) is 3.29. The smallest absolute Gasteiger partial charge is 0.374 e. The lowest BCUT2D eigenvalue weighted by molar-refractivity contribution is -0.159. The van der Waals surface area contributed by atoms with Crippen LogP contribution in [0, 0.1) is 0 Å². The number of nitrogens with one attached hydrogen (secondary N) is 2. The lowest BCUT2D eigenvalue weighted by atomic mass is 10.1. The topological polar surface area (TPSA) is 110 Å². The van der Waals surface area contributed by atoms with E-state index in [1.807, 2.05) is 0 Å². The highest BCUT2D eigenvalue weighted by Crippen LogP contribution is 2.36. The van der Waals surface area contributed by atoms with Gasteiger partial charge in [-0.2, -0.15) is 31.3 Å². The van der Waals surface area contributed by atoms with E-state index in [1.54, 1.807) is 0 Å². The Morgan fingerprint density at radius 2 is 1.66 bits per heavy atom. The normalized spacial score (nSPS) is 12.2. The van der Waals surface area contributed by atoms with E-state index in [1.165, 1.54) is 18.3 Å². The van der Waals surface area contributed by atoms with E-state index >= 15 is 0 Å². The zero-order valence-electron chi connectivity index (χ0n) is 16.9. The van der Waals surface area contributed by atoms with Crippen LogP contribution in [0.15, 0.2) is 50.6 Å².